The summed E-state index contributed by atoms with van der Waals surface area (Å²) in [4.78, 5) is 65.3. The molecule has 1 aliphatic heterocycles. The molecule has 13 heteroatoms. The Morgan fingerprint density at radius 1 is 1.08 bits per heavy atom. The molecule has 194 valence electrons. The van der Waals surface area contributed by atoms with Gasteiger partial charge in [-0.25, -0.2) is 4.79 Å². The fourth-order valence-electron chi connectivity index (χ4n) is 4.23. The van der Waals surface area contributed by atoms with Gasteiger partial charge in [-0.05, 0) is 24.5 Å². The van der Waals surface area contributed by atoms with Gasteiger partial charge >= 0.3 is 11.9 Å². The number of fused-ring (bicyclic) bond motifs is 1. The number of para-hydroxylation sites is 1. The smallest absolute Gasteiger partial charge is 0.326 e. The first-order valence-corrected chi connectivity index (χ1v) is 11.4. The van der Waals surface area contributed by atoms with Gasteiger partial charge < -0.3 is 41.6 Å². The van der Waals surface area contributed by atoms with Crippen molar-refractivity contribution in [2.75, 3.05) is 13.2 Å². The number of aromatic amines is 1. The lowest BCUT2D eigenvalue weighted by Gasteiger charge is -2.28. The number of nitrogens with two attached hydrogens (primary N) is 1. The second-order valence-corrected chi connectivity index (χ2v) is 8.60. The number of carbonyl (C=O) groups excluding carboxylic acids is 3. The maximum absolute atomic E-state index is 13.4. The monoisotopic (exact) mass is 503 g/mol. The minimum atomic E-state index is -1.51. The maximum Gasteiger partial charge on any atom is 0.326 e. The average Bonchev–Trinajstić information content (AvgIpc) is 3.48. The summed E-state index contributed by atoms with van der Waals surface area (Å²) in [6, 6.07) is 2.13. The summed E-state index contributed by atoms with van der Waals surface area (Å²) in [6.45, 7) is -0.632. The third-order valence-electron chi connectivity index (χ3n) is 6.08. The quantitative estimate of drug-likeness (QED) is 0.191. The van der Waals surface area contributed by atoms with Crippen LogP contribution >= 0.6 is 0 Å². The molecule has 2 aromatic rings. The van der Waals surface area contributed by atoms with E-state index in [-0.39, 0.29) is 19.4 Å². The molecule has 1 aromatic heterocycles. The standard InChI is InChI=1S/C23H29N5O8/c24-14(9-19(30)31)20(32)27-17(11-29)21(33)26-16(22(34)28-7-3-6-18(28)23(35)36)8-12-10-25-15-5-2-1-4-13(12)15/h1-2,4-5,10,14,16-18,25,29H,3,6-9,11,24H2,(H,26,33)(H,27,32)(H,30,31)(H,35,36). The van der Waals surface area contributed by atoms with Crippen LogP contribution in [0.1, 0.15) is 24.8 Å². The van der Waals surface area contributed by atoms with Crippen LogP contribution in [0.3, 0.4) is 0 Å². The van der Waals surface area contributed by atoms with E-state index in [4.69, 9.17) is 10.8 Å². The lowest BCUT2D eigenvalue weighted by atomic mass is 10.0. The number of hydrogen-bond acceptors (Lipinski definition) is 7. The van der Waals surface area contributed by atoms with Crippen molar-refractivity contribution in [2.45, 2.75) is 49.9 Å². The van der Waals surface area contributed by atoms with Gasteiger partial charge in [0.25, 0.3) is 0 Å². The van der Waals surface area contributed by atoms with Crippen molar-refractivity contribution < 1.29 is 39.3 Å². The number of carbonyl (C=O) groups is 5. The van der Waals surface area contributed by atoms with Gasteiger partial charge in [-0.15, -0.1) is 0 Å². The predicted molar refractivity (Wildman–Crippen MR) is 126 cm³/mol. The molecule has 1 saturated heterocycles. The van der Waals surface area contributed by atoms with Gasteiger partial charge in [0.1, 0.15) is 18.1 Å². The zero-order chi connectivity index (χ0) is 26.4. The number of benzene rings is 1. The van der Waals surface area contributed by atoms with E-state index < -0.39 is 66.9 Å². The number of carboxylic acids is 2. The van der Waals surface area contributed by atoms with Gasteiger partial charge in [-0.1, -0.05) is 18.2 Å². The highest BCUT2D eigenvalue weighted by molar-refractivity contribution is 5.95. The van der Waals surface area contributed by atoms with Gasteiger partial charge in [0, 0.05) is 30.1 Å². The Balaban J connectivity index is 1.82. The topological polar surface area (TPSA) is 215 Å². The Bertz CT molecular complexity index is 1150. The second-order valence-electron chi connectivity index (χ2n) is 8.60. The molecule has 4 unspecified atom stereocenters. The van der Waals surface area contributed by atoms with Crippen LogP contribution in [0.4, 0.5) is 0 Å². The molecular formula is C23H29N5O8. The molecule has 8 N–H and O–H groups in total. The van der Waals surface area contributed by atoms with E-state index in [9.17, 15) is 34.2 Å². The Hall–Kier alpha value is -3.97. The van der Waals surface area contributed by atoms with Gasteiger partial charge in [0.05, 0.1) is 19.1 Å². The van der Waals surface area contributed by atoms with Gasteiger partial charge in [-0.3, -0.25) is 19.2 Å². The number of aliphatic hydroxyl groups is 1. The number of aliphatic hydroxyl groups excluding tert-OH is 1. The third-order valence-corrected chi connectivity index (χ3v) is 6.08. The van der Waals surface area contributed by atoms with Gasteiger partial charge in [0.2, 0.25) is 17.7 Å². The number of amides is 3. The molecule has 0 radical (unpaired) electrons. The highest BCUT2D eigenvalue weighted by Gasteiger charge is 2.38. The molecule has 2 heterocycles. The van der Waals surface area contributed by atoms with Crippen molar-refractivity contribution in [1.29, 1.82) is 0 Å². The number of aliphatic carboxylic acids is 2. The molecule has 3 rings (SSSR count). The molecule has 1 aliphatic rings. The lowest BCUT2D eigenvalue weighted by molar-refractivity contribution is -0.149. The maximum atomic E-state index is 13.4. The first-order chi connectivity index (χ1) is 17.1. The Morgan fingerprint density at radius 3 is 2.44 bits per heavy atom. The molecular weight excluding hydrogens is 474 g/mol. The van der Waals surface area contributed by atoms with E-state index >= 15 is 0 Å². The Kier molecular flexibility index (Phi) is 8.61. The molecule has 1 fully saturated rings. The van der Waals surface area contributed by atoms with Crippen LogP contribution < -0.4 is 16.4 Å². The summed E-state index contributed by atoms with van der Waals surface area (Å²) < 4.78 is 0. The SMILES string of the molecule is NC(CC(=O)O)C(=O)NC(CO)C(=O)NC(Cc1c[nH]c2ccccc12)C(=O)N1CCCC1C(=O)O. The summed E-state index contributed by atoms with van der Waals surface area (Å²) >= 11 is 0. The minimum absolute atomic E-state index is 0.0159. The summed E-state index contributed by atoms with van der Waals surface area (Å²) in [5.41, 5.74) is 7.02. The Labute approximate surface area is 205 Å². The minimum Gasteiger partial charge on any atom is -0.481 e. The first kappa shape index (κ1) is 26.6. The fourth-order valence-corrected chi connectivity index (χ4v) is 4.23. The van der Waals surface area contributed by atoms with Crippen molar-refractivity contribution in [3.05, 3.63) is 36.0 Å². The normalized spacial score (nSPS) is 17.8. The highest BCUT2D eigenvalue weighted by Crippen LogP contribution is 2.23. The van der Waals surface area contributed by atoms with Crippen molar-refractivity contribution >= 4 is 40.6 Å². The number of likely N-dealkylation sites (tertiary alicyclic amines) is 1. The summed E-state index contributed by atoms with van der Waals surface area (Å²) in [7, 11) is 0. The summed E-state index contributed by atoms with van der Waals surface area (Å²) in [5, 5.41) is 33.5. The first-order valence-electron chi connectivity index (χ1n) is 11.4. The zero-order valence-electron chi connectivity index (χ0n) is 19.3. The molecule has 13 nitrogen and oxygen atoms in total. The van der Waals surface area contributed by atoms with E-state index in [2.05, 4.69) is 15.6 Å². The van der Waals surface area contributed by atoms with Crippen molar-refractivity contribution in [1.82, 2.24) is 20.5 Å². The third kappa shape index (κ3) is 6.17. The summed E-state index contributed by atoms with van der Waals surface area (Å²) in [6.07, 6.45) is 1.80. The molecule has 3 amide bonds. The molecule has 0 spiro atoms. The van der Waals surface area contributed by atoms with E-state index in [1.807, 2.05) is 24.3 Å². The average molecular weight is 504 g/mol. The van der Waals surface area contributed by atoms with Crippen LogP contribution in [0.2, 0.25) is 0 Å². The van der Waals surface area contributed by atoms with Gasteiger partial charge in [0.15, 0.2) is 0 Å². The van der Waals surface area contributed by atoms with Crippen molar-refractivity contribution in [2.24, 2.45) is 5.73 Å². The van der Waals surface area contributed by atoms with E-state index in [0.29, 0.717) is 12.0 Å². The lowest BCUT2D eigenvalue weighted by Crippen LogP contribution is -2.58. The van der Waals surface area contributed by atoms with Crippen LogP contribution in [0.15, 0.2) is 30.5 Å². The molecule has 1 aromatic carbocycles. The molecule has 4 atom stereocenters. The zero-order valence-corrected chi connectivity index (χ0v) is 19.3. The molecule has 0 bridgehead atoms. The number of carboxylic acid groups (broad SMARTS) is 2. The fraction of sp³-hybridized carbons (Fsp3) is 0.435. The van der Waals surface area contributed by atoms with Crippen molar-refractivity contribution in [3.8, 4) is 0 Å². The highest BCUT2D eigenvalue weighted by atomic mass is 16.4. The van der Waals surface area contributed by atoms with Crippen LogP contribution in [0.5, 0.6) is 0 Å². The van der Waals surface area contributed by atoms with Crippen molar-refractivity contribution in [3.63, 3.8) is 0 Å². The van der Waals surface area contributed by atoms with E-state index in [0.717, 1.165) is 10.9 Å². The number of aromatic nitrogens is 1. The molecule has 0 saturated carbocycles. The van der Waals surface area contributed by atoms with Crippen LogP contribution in [0, 0.1) is 0 Å². The summed E-state index contributed by atoms with van der Waals surface area (Å²) in [5.74, 6) is -4.94. The second kappa shape index (κ2) is 11.6. The Morgan fingerprint density at radius 2 is 1.78 bits per heavy atom. The molecule has 0 aliphatic carbocycles. The van der Waals surface area contributed by atoms with Gasteiger partial charge in [-0.2, -0.15) is 0 Å². The van der Waals surface area contributed by atoms with Crippen LogP contribution in [0.25, 0.3) is 10.9 Å². The van der Waals surface area contributed by atoms with Crippen LogP contribution in [-0.4, -0.2) is 92.2 Å². The largest absolute Gasteiger partial charge is 0.481 e. The predicted octanol–water partition coefficient (Wildman–Crippen LogP) is -1.45. The van der Waals surface area contributed by atoms with Crippen LogP contribution in [-0.2, 0) is 30.4 Å². The van der Waals surface area contributed by atoms with E-state index in [1.165, 1.54) is 4.90 Å². The van der Waals surface area contributed by atoms with E-state index in [1.54, 1.807) is 6.20 Å². The number of nitrogens with zero attached hydrogens (tertiary/aromatic N) is 1. The molecule has 36 heavy (non-hydrogen) atoms. The number of rotatable bonds is 11. The number of nitrogens with one attached hydrogen (secondary N) is 3. The number of hydrogen-bond donors (Lipinski definition) is 7. The number of H-pyrrole nitrogens is 1.